The van der Waals surface area contributed by atoms with Gasteiger partial charge in [0.05, 0.1) is 5.92 Å². The third-order valence-corrected chi connectivity index (χ3v) is 4.82. The first-order valence-corrected chi connectivity index (χ1v) is 8.99. The summed E-state index contributed by atoms with van der Waals surface area (Å²) in [5, 5.41) is 11.9. The van der Waals surface area contributed by atoms with Crippen LogP contribution in [0.4, 0.5) is 0 Å². The van der Waals surface area contributed by atoms with Gasteiger partial charge in [-0.2, -0.15) is 0 Å². The molecule has 0 unspecified atom stereocenters. The Hall–Kier alpha value is -3.15. The molecule has 1 aliphatic heterocycles. The Balaban J connectivity index is 1.53. The van der Waals surface area contributed by atoms with Gasteiger partial charge in [0.15, 0.2) is 0 Å². The number of benzene rings is 2. The summed E-state index contributed by atoms with van der Waals surface area (Å²) in [6.07, 6.45) is 0.981. The Kier molecular flexibility index (Phi) is 5.86. The minimum absolute atomic E-state index is 0.0845. The monoisotopic (exact) mass is 366 g/mol. The molecule has 27 heavy (non-hydrogen) atoms. The van der Waals surface area contributed by atoms with Crippen LogP contribution in [0, 0.1) is 5.92 Å². The summed E-state index contributed by atoms with van der Waals surface area (Å²) in [5.41, 5.74) is 2.08. The molecule has 2 aromatic carbocycles. The minimum Gasteiger partial charge on any atom is -0.481 e. The van der Waals surface area contributed by atoms with Gasteiger partial charge in [-0.1, -0.05) is 30.3 Å². The number of carbonyl (C=O) groups excluding carboxylic acids is 2. The molecule has 0 aromatic heterocycles. The highest BCUT2D eigenvalue weighted by Crippen LogP contribution is 2.19. The fraction of sp³-hybridized carbons (Fsp3) is 0.286. The number of hydrogen-bond acceptors (Lipinski definition) is 3. The van der Waals surface area contributed by atoms with Crippen molar-refractivity contribution in [1.29, 1.82) is 0 Å². The van der Waals surface area contributed by atoms with Gasteiger partial charge in [-0.15, -0.1) is 0 Å². The van der Waals surface area contributed by atoms with E-state index < -0.39 is 5.97 Å². The van der Waals surface area contributed by atoms with Crippen molar-refractivity contribution in [3.63, 3.8) is 0 Å². The molecular formula is C21H22N2O4. The van der Waals surface area contributed by atoms with Gasteiger partial charge < -0.3 is 15.3 Å². The predicted octanol–water partition coefficient (Wildman–Crippen LogP) is 2.55. The van der Waals surface area contributed by atoms with Crippen molar-refractivity contribution in [3.8, 4) is 0 Å². The third-order valence-electron chi connectivity index (χ3n) is 4.82. The molecule has 0 saturated carbocycles. The van der Waals surface area contributed by atoms with Gasteiger partial charge in [0.2, 0.25) is 0 Å². The number of nitrogens with one attached hydrogen (secondary N) is 1. The molecule has 6 nitrogen and oxygen atoms in total. The Labute approximate surface area is 157 Å². The number of aliphatic carboxylic acids is 1. The van der Waals surface area contributed by atoms with Crippen LogP contribution in [0.1, 0.15) is 39.1 Å². The summed E-state index contributed by atoms with van der Waals surface area (Å²) < 4.78 is 0. The fourth-order valence-corrected chi connectivity index (χ4v) is 3.15. The lowest BCUT2D eigenvalue weighted by atomic mass is 9.96. The van der Waals surface area contributed by atoms with Gasteiger partial charge >= 0.3 is 5.97 Å². The lowest BCUT2D eigenvalue weighted by molar-refractivity contribution is -0.143. The molecule has 2 aromatic rings. The van der Waals surface area contributed by atoms with Crippen molar-refractivity contribution in [2.24, 2.45) is 5.92 Å². The summed E-state index contributed by atoms with van der Waals surface area (Å²) >= 11 is 0. The average molecular weight is 366 g/mol. The highest BCUT2D eigenvalue weighted by molar-refractivity contribution is 5.95. The second-order valence-electron chi connectivity index (χ2n) is 6.65. The van der Waals surface area contributed by atoms with Crippen LogP contribution in [-0.2, 0) is 11.3 Å². The molecule has 0 spiro atoms. The minimum atomic E-state index is -0.788. The van der Waals surface area contributed by atoms with Crippen molar-refractivity contribution in [1.82, 2.24) is 10.2 Å². The molecule has 0 radical (unpaired) electrons. The van der Waals surface area contributed by atoms with E-state index >= 15 is 0 Å². The van der Waals surface area contributed by atoms with E-state index in [-0.39, 0.29) is 17.7 Å². The maximum Gasteiger partial charge on any atom is 0.306 e. The van der Waals surface area contributed by atoms with Gasteiger partial charge in [-0.3, -0.25) is 14.4 Å². The van der Waals surface area contributed by atoms with Crippen molar-refractivity contribution in [2.45, 2.75) is 19.4 Å². The molecule has 1 saturated heterocycles. The highest BCUT2D eigenvalue weighted by Gasteiger charge is 2.27. The van der Waals surface area contributed by atoms with Gasteiger partial charge in [0, 0.05) is 30.8 Å². The van der Waals surface area contributed by atoms with Crippen LogP contribution in [0.5, 0.6) is 0 Å². The molecule has 2 amide bonds. The standard InChI is InChI=1S/C21H22N2O4/c24-19(16-4-2-1-3-5-16)22-14-15-6-8-17(9-7-15)20(25)23-12-10-18(11-13-23)21(26)27/h1-9,18H,10-14H2,(H,22,24)(H,26,27). The number of carboxylic acids is 1. The lowest BCUT2D eigenvalue weighted by Crippen LogP contribution is -2.40. The molecule has 0 atom stereocenters. The molecular weight excluding hydrogens is 344 g/mol. The van der Waals surface area contributed by atoms with Gasteiger partial charge in [-0.25, -0.2) is 0 Å². The zero-order valence-corrected chi connectivity index (χ0v) is 14.9. The van der Waals surface area contributed by atoms with Gasteiger partial charge in [0.1, 0.15) is 0 Å². The number of piperidine rings is 1. The molecule has 1 fully saturated rings. The van der Waals surface area contributed by atoms with E-state index in [0.717, 1.165) is 5.56 Å². The lowest BCUT2D eigenvalue weighted by Gasteiger charge is -2.30. The van der Waals surface area contributed by atoms with Crippen LogP contribution in [0.15, 0.2) is 54.6 Å². The van der Waals surface area contributed by atoms with E-state index in [1.165, 1.54) is 0 Å². The van der Waals surface area contributed by atoms with Gasteiger partial charge in [-0.05, 0) is 42.7 Å². The summed E-state index contributed by atoms with van der Waals surface area (Å²) in [4.78, 5) is 37.3. The van der Waals surface area contributed by atoms with E-state index in [4.69, 9.17) is 5.11 Å². The number of nitrogens with zero attached hydrogens (tertiary/aromatic N) is 1. The number of rotatable bonds is 5. The molecule has 6 heteroatoms. The van der Waals surface area contributed by atoms with E-state index in [0.29, 0.717) is 43.6 Å². The van der Waals surface area contributed by atoms with Crippen LogP contribution in [0.25, 0.3) is 0 Å². The predicted molar refractivity (Wildman–Crippen MR) is 100 cm³/mol. The molecule has 140 valence electrons. The average Bonchev–Trinajstić information content (AvgIpc) is 2.72. The number of amides is 2. The summed E-state index contributed by atoms with van der Waals surface area (Å²) in [6.45, 7) is 1.31. The first-order valence-electron chi connectivity index (χ1n) is 8.99. The summed E-state index contributed by atoms with van der Waals surface area (Å²) in [7, 11) is 0. The summed E-state index contributed by atoms with van der Waals surface area (Å²) in [5.74, 6) is -1.37. The highest BCUT2D eigenvalue weighted by atomic mass is 16.4. The number of carboxylic acid groups (broad SMARTS) is 1. The van der Waals surface area contributed by atoms with E-state index in [1.54, 1.807) is 29.2 Å². The van der Waals surface area contributed by atoms with Crippen molar-refractivity contribution >= 4 is 17.8 Å². The third kappa shape index (κ3) is 4.73. The van der Waals surface area contributed by atoms with Crippen molar-refractivity contribution in [3.05, 3.63) is 71.3 Å². The molecule has 3 rings (SSSR count). The van der Waals surface area contributed by atoms with Crippen molar-refractivity contribution in [2.75, 3.05) is 13.1 Å². The maximum atomic E-state index is 12.5. The molecule has 1 aliphatic rings. The van der Waals surface area contributed by atoms with Crippen LogP contribution in [0.2, 0.25) is 0 Å². The summed E-state index contributed by atoms with van der Waals surface area (Å²) in [6, 6.07) is 16.1. The smallest absolute Gasteiger partial charge is 0.306 e. The quantitative estimate of drug-likeness (QED) is 0.851. The fourth-order valence-electron chi connectivity index (χ4n) is 3.15. The largest absolute Gasteiger partial charge is 0.481 e. The second kappa shape index (κ2) is 8.49. The molecule has 0 bridgehead atoms. The van der Waals surface area contributed by atoms with E-state index in [1.807, 2.05) is 30.3 Å². The van der Waals surface area contributed by atoms with Crippen LogP contribution in [-0.4, -0.2) is 40.9 Å². The van der Waals surface area contributed by atoms with Crippen molar-refractivity contribution < 1.29 is 19.5 Å². The first kappa shape index (κ1) is 18.6. The van der Waals surface area contributed by atoms with E-state index in [2.05, 4.69) is 5.32 Å². The molecule has 2 N–H and O–H groups in total. The zero-order chi connectivity index (χ0) is 19.2. The second-order valence-corrected chi connectivity index (χ2v) is 6.65. The Morgan fingerprint density at radius 2 is 1.56 bits per heavy atom. The number of carbonyl (C=O) groups is 3. The SMILES string of the molecule is O=C(NCc1ccc(C(=O)N2CCC(C(=O)O)CC2)cc1)c1ccccc1. The first-order chi connectivity index (χ1) is 13.0. The topological polar surface area (TPSA) is 86.7 Å². The van der Waals surface area contributed by atoms with E-state index in [9.17, 15) is 14.4 Å². The molecule has 1 heterocycles. The number of likely N-dealkylation sites (tertiary alicyclic amines) is 1. The zero-order valence-electron chi connectivity index (χ0n) is 14.9. The Bertz CT molecular complexity index is 810. The Morgan fingerprint density at radius 1 is 0.926 bits per heavy atom. The Morgan fingerprint density at radius 3 is 2.15 bits per heavy atom. The van der Waals surface area contributed by atoms with Crippen LogP contribution >= 0.6 is 0 Å². The van der Waals surface area contributed by atoms with Gasteiger partial charge in [0.25, 0.3) is 11.8 Å². The maximum absolute atomic E-state index is 12.5. The normalized spacial score (nSPS) is 14.6. The van der Waals surface area contributed by atoms with Crippen LogP contribution < -0.4 is 5.32 Å². The molecule has 0 aliphatic carbocycles. The van der Waals surface area contributed by atoms with Crippen LogP contribution in [0.3, 0.4) is 0 Å². The number of hydrogen-bond donors (Lipinski definition) is 2.